The number of alkyl halides is 3. The van der Waals surface area contributed by atoms with Crippen molar-refractivity contribution in [2.45, 2.75) is 49.9 Å². The molecule has 0 bridgehead atoms. The van der Waals surface area contributed by atoms with Crippen LogP contribution in [0.15, 0.2) is 12.4 Å². The number of nitrogens with zero attached hydrogens (tertiary/aromatic N) is 3. The van der Waals surface area contributed by atoms with Crippen molar-refractivity contribution in [2.24, 2.45) is 0 Å². The van der Waals surface area contributed by atoms with E-state index in [1.165, 1.54) is 6.20 Å². The van der Waals surface area contributed by atoms with E-state index < -0.39 is 11.7 Å². The lowest BCUT2D eigenvalue weighted by Crippen LogP contribution is -2.48. The van der Waals surface area contributed by atoms with E-state index in [0.717, 1.165) is 38.7 Å². The van der Waals surface area contributed by atoms with Crippen LogP contribution in [-0.2, 0) is 10.9 Å². The molecule has 0 unspecified atom stereocenters. The Hall–Kier alpha value is -2.16. The summed E-state index contributed by atoms with van der Waals surface area (Å²) in [7, 11) is 0. The summed E-state index contributed by atoms with van der Waals surface area (Å²) in [5.41, 5.74) is 4.56. The summed E-state index contributed by atoms with van der Waals surface area (Å²) in [4.78, 5) is 11.8. The zero-order chi connectivity index (χ0) is 17.7. The number of hydrogen-bond donors (Lipinski definition) is 2. The van der Waals surface area contributed by atoms with Crippen molar-refractivity contribution in [2.75, 3.05) is 17.7 Å². The molecule has 3 heterocycles. The van der Waals surface area contributed by atoms with Gasteiger partial charge in [0.15, 0.2) is 0 Å². The first kappa shape index (κ1) is 16.3. The van der Waals surface area contributed by atoms with E-state index >= 15 is 0 Å². The molecule has 1 saturated heterocycles. The van der Waals surface area contributed by atoms with E-state index in [0.29, 0.717) is 6.20 Å². The zero-order valence-electron chi connectivity index (χ0n) is 13.4. The summed E-state index contributed by atoms with van der Waals surface area (Å²) in [6.45, 7) is 0.821. The highest BCUT2D eigenvalue weighted by molar-refractivity contribution is 5.90. The number of aromatic nitrogens is 3. The van der Waals surface area contributed by atoms with Crippen LogP contribution in [0.5, 0.6) is 0 Å². The van der Waals surface area contributed by atoms with Crippen LogP contribution in [0.25, 0.3) is 10.9 Å². The van der Waals surface area contributed by atoms with Gasteiger partial charge in [-0.3, -0.25) is 0 Å². The van der Waals surface area contributed by atoms with Gasteiger partial charge < -0.3 is 15.8 Å². The van der Waals surface area contributed by atoms with Gasteiger partial charge >= 0.3 is 6.18 Å². The third-order valence-corrected chi connectivity index (χ3v) is 5.15. The summed E-state index contributed by atoms with van der Waals surface area (Å²) in [6.07, 6.45) is 2.20. The second-order valence-corrected chi connectivity index (χ2v) is 6.71. The number of anilines is 2. The minimum absolute atomic E-state index is 0.0173. The van der Waals surface area contributed by atoms with Crippen molar-refractivity contribution in [1.29, 1.82) is 0 Å². The van der Waals surface area contributed by atoms with Crippen LogP contribution in [-0.4, -0.2) is 33.2 Å². The molecule has 0 amide bonds. The van der Waals surface area contributed by atoms with Crippen LogP contribution in [0.3, 0.4) is 0 Å². The maximum atomic E-state index is 13.2. The molecule has 0 aromatic carbocycles. The van der Waals surface area contributed by atoms with Gasteiger partial charge in [0.05, 0.1) is 23.1 Å². The summed E-state index contributed by atoms with van der Waals surface area (Å²) < 4.78 is 45.3. The number of ether oxygens (including phenoxy) is 1. The van der Waals surface area contributed by atoms with Crippen molar-refractivity contribution in [3.05, 3.63) is 18.0 Å². The number of fused-ring (bicyclic) bond motifs is 1. The number of pyridine rings is 1. The Morgan fingerprint density at radius 2 is 1.88 bits per heavy atom. The standard InChI is InChI=1S/C16H18F3N5O/c17-16(18,19)11-8-21-13(20)10-7-22-14(24-12(10)11)23-9-1-3-15(4-2-9)5-6-25-15/h7-9H,1-6H2,(H2,20,21)(H,22,23,24). The topological polar surface area (TPSA) is 86.0 Å². The van der Waals surface area contributed by atoms with Gasteiger partial charge in [-0.2, -0.15) is 13.2 Å². The molecular formula is C16H18F3N5O. The molecule has 25 heavy (non-hydrogen) atoms. The Balaban J connectivity index is 1.58. The second kappa shape index (κ2) is 5.69. The third kappa shape index (κ3) is 2.97. The van der Waals surface area contributed by atoms with Crippen LogP contribution < -0.4 is 11.1 Å². The summed E-state index contributed by atoms with van der Waals surface area (Å²) in [6, 6.07) is 0.126. The fourth-order valence-corrected chi connectivity index (χ4v) is 3.57. The van der Waals surface area contributed by atoms with E-state index in [4.69, 9.17) is 10.5 Å². The average molecular weight is 353 g/mol. The lowest BCUT2D eigenvalue weighted by molar-refractivity contribution is -0.165. The molecule has 1 spiro atoms. The SMILES string of the molecule is Nc1ncc(C(F)(F)F)c2nc(NC3CCC4(CCO4)CC3)ncc12. The van der Waals surface area contributed by atoms with Gasteiger partial charge in [0.2, 0.25) is 5.95 Å². The molecule has 2 aromatic heterocycles. The van der Waals surface area contributed by atoms with Crippen molar-refractivity contribution in [1.82, 2.24) is 15.0 Å². The van der Waals surface area contributed by atoms with Crippen molar-refractivity contribution >= 4 is 22.7 Å². The molecule has 2 fully saturated rings. The van der Waals surface area contributed by atoms with E-state index in [2.05, 4.69) is 20.3 Å². The number of halogens is 3. The monoisotopic (exact) mass is 353 g/mol. The van der Waals surface area contributed by atoms with E-state index in [9.17, 15) is 13.2 Å². The summed E-state index contributed by atoms with van der Waals surface area (Å²) in [5, 5.41) is 3.25. The first-order chi connectivity index (χ1) is 11.9. The maximum Gasteiger partial charge on any atom is 0.419 e. The number of rotatable bonds is 2. The molecule has 1 saturated carbocycles. The van der Waals surface area contributed by atoms with Crippen LogP contribution in [0, 0.1) is 0 Å². The molecule has 1 aliphatic carbocycles. The predicted octanol–water partition coefficient (Wildman–Crippen LogP) is 3.14. The Labute approximate surface area is 142 Å². The molecule has 1 aliphatic heterocycles. The van der Waals surface area contributed by atoms with Gasteiger partial charge in [-0.1, -0.05) is 0 Å². The first-order valence-electron chi connectivity index (χ1n) is 8.25. The fraction of sp³-hybridized carbons (Fsp3) is 0.562. The quantitative estimate of drug-likeness (QED) is 0.863. The molecule has 9 heteroatoms. The molecule has 4 rings (SSSR count). The highest BCUT2D eigenvalue weighted by Crippen LogP contribution is 2.41. The van der Waals surface area contributed by atoms with E-state index in [1.807, 2.05) is 0 Å². The Kier molecular flexibility index (Phi) is 3.71. The minimum atomic E-state index is -4.55. The Morgan fingerprint density at radius 1 is 1.16 bits per heavy atom. The van der Waals surface area contributed by atoms with Gasteiger partial charge in [0.25, 0.3) is 0 Å². The Morgan fingerprint density at radius 3 is 2.48 bits per heavy atom. The number of nitrogen functional groups attached to an aromatic ring is 1. The normalized spacial score (nSPS) is 26.6. The van der Waals surface area contributed by atoms with Crippen LogP contribution in [0.4, 0.5) is 24.9 Å². The van der Waals surface area contributed by atoms with Crippen LogP contribution >= 0.6 is 0 Å². The van der Waals surface area contributed by atoms with Gasteiger partial charge in [0, 0.05) is 18.4 Å². The smallest absolute Gasteiger partial charge is 0.383 e. The van der Waals surface area contributed by atoms with E-state index in [-0.39, 0.29) is 34.3 Å². The van der Waals surface area contributed by atoms with Crippen LogP contribution in [0.2, 0.25) is 0 Å². The molecule has 0 radical (unpaired) electrons. The number of hydrogen-bond acceptors (Lipinski definition) is 6. The van der Waals surface area contributed by atoms with Crippen LogP contribution in [0.1, 0.15) is 37.7 Å². The third-order valence-electron chi connectivity index (χ3n) is 5.15. The van der Waals surface area contributed by atoms with Gasteiger partial charge in [0.1, 0.15) is 11.4 Å². The van der Waals surface area contributed by atoms with Gasteiger partial charge in [-0.25, -0.2) is 15.0 Å². The fourth-order valence-electron chi connectivity index (χ4n) is 3.57. The molecule has 3 N–H and O–H groups in total. The molecule has 0 atom stereocenters. The molecular weight excluding hydrogens is 335 g/mol. The number of nitrogens with two attached hydrogens (primary N) is 1. The van der Waals surface area contributed by atoms with Gasteiger partial charge in [-0.15, -0.1) is 0 Å². The molecule has 134 valence electrons. The highest BCUT2D eigenvalue weighted by Gasteiger charge is 2.41. The number of nitrogens with one attached hydrogen (secondary N) is 1. The van der Waals surface area contributed by atoms with E-state index in [1.54, 1.807) is 0 Å². The van der Waals surface area contributed by atoms with Gasteiger partial charge in [-0.05, 0) is 32.1 Å². The minimum Gasteiger partial charge on any atom is -0.383 e. The largest absolute Gasteiger partial charge is 0.419 e. The molecule has 2 aromatic rings. The summed E-state index contributed by atoms with van der Waals surface area (Å²) in [5.74, 6) is 0.162. The van der Waals surface area contributed by atoms with Crippen molar-refractivity contribution in [3.63, 3.8) is 0 Å². The predicted molar refractivity (Wildman–Crippen MR) is 85.9 cm³/mol. The van der Waals surface area contributed by atoms with Crippen molar-refractivity contribution in [3.8, 4) is 0 Å². The summed E-state index contributed by atoms with van der Waals surface area (Å²) >= 11 is 0. The first-order valence-corrected chi connectivity index (χ1v) is 8.25. The lowest BCUT2D eigenvalue weighted by Gasteiger charge is -2.46. The zero-order valence-corrected chi connectivity index (χ0v) is 13.4. The van der Waals surface area contributed by atoms with Crippen molar-refractivity contribution < 1.29 is 17.9 Å². The molecule has 2 aliphatic rings. The second-order valence-electron chi connectivity index (χ2n) is 6.71. The maximum absolute atomic E-state index is 13.2. The lowest BCUT2D eigenvalue weighted by atomic mass is 9.77. The molecule has 6 nitrogen and oxygen atoms in total. The highest BCUT2D eigenvalue weighted by atomic mass is 19.4. The average Bonchev–Trinajstić information content (AvgIpc) is 2.53. The Bertz CT molecular complexity index is 796.